The Morgan fingerprint density at radius 2 is 2.03 bits per heavy atom. The molecule has 1 aromatic heterocycles. The number of hydrogen-bond donors (Lipinski definition) is 3. The number of ether oxygens (including phenoxy) is 1. The number of anilines is 1. The molecule has 0 aliphatic carbocycles. The maximum absolute atomic E-state index is 9.52. The van der Waals surface area contributed by atoms with E-state index in [2.05, 4.69) is 22.4 Å². The zero-order valence-corrected chi connectivity index (χ0v) is 15.7. The first kappa shape index (κ1) is 18.9. The van der Waals surface area contributed by atoms with E-state index >= 15 is 0 Å². The minimum Gasteiger partial charge on any atom is -0.493 e. The molecule has 146 valence electrons. The number of pyridine rings is 1. The normalized spacial score (nSPS) is 15.3. The van der Waals surface area contributed by atoms with Gasteiger partial charge in [-0.25, -0.2) is 0 Å². The minimum atomic E-state index is -1.55. The third-order valence-corrected chi connectivity index (χ3v) is 5.17. The molecule has 6 heteroatoms. The van der Waals surface area contributed by atoms with Crippen LogP contribution < -0.4 is 10.1 Å². The van der Waals surface area contributed by atoms with Crippen molar-refractivity contribution < 1.29 is 14.9 Å². The van der Waals surface area contributed by atoms with Crippen molar-refractivity contribution in [2.24, 2.45) is 0 Å². The predicted molar refractivity (Wildman–Crippen MR) is 109 cm³/mol. The van der Waals surface area contributed by atoms with Crippen molar-refractivity contribution in [1.29, 1.82) is 5.26 Å². The van der Waals surface area contributed by atoms with E-state index < -0.39 is 6.29 Å². The third-order valence-electron chi connectivity index (χ3n) is 5.17. The van der Waals surface area contributed by atoms with Crippen LogP contribution in [0.3, 0.4) is 0 Å². The Balaban J connectivity index is 1.55. The molecule has 1 aliphatic rings. The van der Waals surface area contributed by atoms with Crippen molar-refractivity contribution >= 4 is 5.69 Å². The van der Waals surface area contributed by atoms with Crippen LogP contribution >= 0.6 is 0 Å². The Morgan fingerprint density at radius 1 is 1.17 bits per heavy atom. The Hall–Kier alpha value is -3.40. The molecule has 0 amide bonds. The second kappa shape index (κ2) is 8.31. The van der Waals surface area contributed by atoms with Gasteiger partial charge >= 0.3 is 0 Å². The fourth-order valence-electron chi connectivity index (χ4n) is 3.63. The topological polar surface area (TPSA) is 98.4 Å². The molecule has 0 spiro atoms. The summed E-state index contributed by atoms with van der Waals surface area (Å²) < 4.78 is 5.90. The summed E-state index contributed by atoms with van der Waals surface area (Å²) in [5.74, 6) is 1.07. The minimum absolute atomic E-state index is 0.224. The van der Waals surface area contributed by atoms with Gasteiger partial charge in [-0.1, -0.05) is 24.3 Å². The van der Waals surface area contributed by atoms with Crippen LogP contribution in [0.4, 0.5) is 5.69 Å². The summed E-state index contributed by atoms with van der Waals surface area (Å²) in [4.78, 5) is 4.06. The highest BCUT2D eigenvalue weighted by Gasteiger charge is 2.22. The van der Waals surface area contributed by atoms with E-state index in [1.807, 2.05) is 30.3 Å². The zero-order valence-electron chi connectivity index (χ0n) is 15.7. The molecule has 0 bridgehead atoms. The quantitative estimate of drug-likeness (QED) is 0.579. The van der Waals surface area contributed by atoms with Crippen molar-refractivity contribution in [2.75, 3.05) is 18.5 Å². The molecule has 29 heavy (non-hydrogen) atoms. The monoisotopic (exact) mass is 387 g/mol. The highest BCUT2D eigenvalue weighted by atomic mass is 16.5. The number of benzene rings is 2. The van der Waals surface area contributed by atoms with Gasteiger partial charge in [0.1, 0.15) is 5.75 Å². The molecule has 1 atom stereocenters. The second-order valence-electron chi connectivity index (χ2n) is 7.00. The van der Waals surface area contributed by atoms with Crippen molar-refractivity contribution in [1.82, 2.24) is 4.98 Å². The van der Waals surface area contributed by atoms with Gasteiger partial charge in [0.15, 0.2) is 6.29 Å². The van der Waals surface area contributed by atoms with Gasteiger partial charge in [-0.05, 0) is 47.4 Å². The summed E-state index contributed by atoms with van der Waals surface area (Å²) in [7, 11) is 0. The molecule has 0 radical (unpaired) electrons. The van der Waals surface area contributed by atoms with Crippen LogP contribution in [0.25, 0.3) is 11.1 Å². The van der Waals surface area contributed by atoms with Crippen LogP contribution in [0.1, 0.15) is 35.3 Å². The fourth-order valence-corrected chi connectivity index (χ4v) is 3.63. The lowest BCUT2D eigenvalue weighted by Crippen LogP contribution is -2.21. The van der Waals surface area contributed by atoms with E-state index in [4.69, 9.17) is 10.00 Å². The number of aliphatic hydroxyl groups is 2. The van der Waals surface area contributed by atoms with Gasteiger partial charge in [0.2, 0.25) is 0 Å². The van der Waals surface area contributed by atoms with Gasteiger partial charge in [0.25, 0.3) is 0 Å². The van der Waals surface area contributed by atoms with E-state index in [9.17, 15) is 10.2 Å². The summed E-state index contributed by atoms with van der Waals surface area (Å²) >= 11 is 0. The Morgan fingerprint density at radius 3 is 2.86 bits per heavy atom. The third kappa shape index (κ3) is 4.06. The number of aliphatic hydroxyl groups excluding tert-OH is 1. The zero-order chi connectivity index (χ0) is 20.2. The Kier molecular flexibility index (Phi) is 5.43. The number of hydrogen-bond acceptors (Lipinski definition) is 6. The van der Waals surface area contributed by atoms with E-state index in [1.54, 1.807) is 18.3 Å². The molecule has 0 unspecified atom stereocenters. The molecule has 0 saturated carbocycles. The number of nitrogens with one attached hydrogen (secondary N) is 1. The summed E-state index contributed by atoms with van der Waals surface area (Å²) in [6, 6.07) is 17.4. The number of nitriles is 1. The Bertz CT molecular complexity index is 1060. The standard InChI is InChI=1S/C23H21N3O3/c24-12-15-2-1-3-16(10-15)17-4-5-19-18(7-9-29-22(19)11-17)13-26-21-14-25-8-6-20(21)23(27)28/h1-6,8,10-11,14,18,23,26-28H,7,9,13H2/t18-/m1/s1. The number of nitrogens with zero attached hydrogens (tertiary/aromatic N) is 2. The Labute approximate surface area is 169 Å². The molecule has 0 fully saturated rings. The number of aromatic nitrogens is 1. The number of fused-ring (bicyclic) bond motifs is 1. The first-order chi connectivity index (χ1) is 14.2. The second-order valence-corrected chi connectivity index (χ2v) is 7.00. The van der Waals surface area contributed by atoms with E-state index in [1.165, 1.54) is 6.20 Å². The van der Waals surface area contributed by atoms with Crippen LogP contribution in [0, 0.1) is 11.3 Å². The summed E-state index contributed by atoms with van der Waals surface area (Å²) in [5, 5.41) is 31.5. The molecule has 0 saturated heterocycles. The smallest absolute Gasteiger partial charge is 0.180 e. The summed E-state index contributed by atoms with van der Waals surface area (Å²) in [6.45, 7) is 1.24. The van der Waals surface area contributed by atoms with Crippen LogP contribution in [0.15, 0.2) is 60.9 Å². The fraction of sp³-hybridized carbons (Fsp3) is 0.217. The lowest BCUT2D eigenvalue weighted by molar-refractivity contribution is -0.0419. The lowest BCUT2D eigenvalue weighted by Gasteiger charge is -2.27. The van der Waals surface area contributed by atoms with Crippen LogP contribution in [0.2, 0.25) is 0 Å². The van der Waals surface area contributed by atoms with Gasteiger partial charge in [0.05, 0.1) is 30.1 Å². The van der Waals surface area contributed by atoms with Crippen molar-refractivity contribution in [2.45, 2.75) is 18.6 Å². The molecular formula is C23H21N3O3. The molecule has 2 aromatic carbocycles. The maximum Gasteiger partial charge on any atom is 0.180 e. The molecule has 6 nitrogen and oxygen atoms in total. The molecule has 3 N–H and O–H groups in total. The number of rotatable bonds is 5. The van der Waals surface area contributed by atoms with E-state index in [-0.39, 0.29) is 5.92 Å². The van der Waals surface area contributed by atoms with Gasteiger partial charge in [-0.2, -0.15) is 5.26 Å². The van der Waals surface area contributed by atoms with Crippen molar-refractivity contribution in [3.63, 3.8) is 0 Å². The van der Waals surface area contributed by atoms with Gasteiger partial charge < -0.3 is 20.3 Å². The highest BCUT2D eigenvalue weighted by molar-refractivity contribution is 5.68. The summed E-state index contributed by atoms with van der Waals surface area (Å²) in [5.41, 5.74) is 4.74. The maximum atomic E-state index is 9.52. The average molecular weight is 387 g/mol. The highest BCUT2D eigenvalue weighted by Crippen LogP contribution is 2.37. The summed E-state index contributed by atoms with van der Waals surface area (Å²) in [6.07, 6.45) is 2.45. The molecule has 2 heterocycles. The van der Waals surface area contributed by atoms with Crippen molar-refractivity contribution in [3.05, 3.63) is 77.6 Å². The van der Waals surface area contributed by atoms with E-state index in [0.29, 0.717) is 30.0 Å². The predicted octanol–water partition coefficient (Wildman–Crippen LogP) is 3.58. The molecule has 3 aromatic rings. The molecule has 4 rings (SSSR count). The lowest BCUT2D eigenvalue weighted by atomic mass is 9.90. The first-order valence-electron chi connectivity index (χ1n) is 9.47. The van der Waals surface area contributed by atoms with E-state index in [0.717, 1.165) is 28.9 Å². The van der Waals surface area contributed by atoms with Crippen LogP contribution in [-0.4, -0.2) is 28.3 Å². The van der Waals surface area contributed by atoms with Crippen molar-refractivity contribution in [3.8, 4) is 22.9 Å². The van der Waals surface area contributed by atoms with Crippen LogP contribution in [-0.2, 0) is 0 Å². The first-order valence-corrected chi connectivity index (χ1v) is 9.47. The van der Waals surface area contributed by atoms with Gasteiger partial charge in [0, 0.05) is 24.2 Å². The average Bonchev–Trinajstić information content (AvgIpc) is 2.77. The molecule has 1 aliphatic heterocycles. The van der Waals surface area contributed by atoms with Gasteiger partial charge in [-0.3, -0.25) is 4.98 Å². The largest absolute Gasteiger partial charge is 0.493 e. The van der Waals surface area contributed by atoms with Gasteiger partial charge in [-0.15, -0.1) is 0 Å². The van der Waals surface area contributed by atoms with Crippen LogP contribution in [0.5, 0.6) is 5.75 Å². The molecular weight excluding hydrogens is 366 g/mol. The SMILES string of the molecule is N#Cc1cccc(-c2ccc3c(c2)OCC[C@@H]3CNc2cnccc2C(O)O)c1.